The van der Waals surface area contributed by atoms with Crippen LogP contribution in [0.1, 0.15) is 54.1 Å². The van der Waals surface area contributed by atoms with Gasteiger partial charge in [-0.3, -0.25) is 4.79 Å². The molecule has 3 aromatic rings. The number of carbonyl (C=O) groups excluding carboxylic acids is 1. The van der Waals surface area contributed by atoms with Crippen LogP contribution < -0.4 is 9.64 Å². The second-order valence-corrected chi connectivity index (χ2v) is 11.0. The first kappa shape index (κ1) is 33.8. The number of aryl methyl sites for hydroxylation is 2. The lowest BCUT2D eigenvalue weighted by molar-refractivity contribution is -0.139. The number of carboxylic acid groups (broad SMARTS) is 1. The van der Waals surface area contributed by atoms with Crippen LogP contribution in [0.3, 0.4) is 0 Å². The zero-order valence-electron chi connectivity index (χ0n) is 25.1. The molecule has 1 aliphatic carbocycles. The number of carboxylic acids is 1. The van der Waals surface area contributed by atoms with Gasteiger partial charge in [0, 0.05) is 38.5 Å². The molecule has 4 rings (SSSR count). The number of alkyl halides is 3. The van der Waals surface area contributed by atoms with Crippen molar-refractivity contribution < 1.29 is 46.5 Å². The fourth-order valence-electron chi connectivity index (χ4n) is 5.38. The van der Waals surface area contributed by atoms with Gasteiger partial charge >= 0.3 is 12.1 Å². The number of carbonyl (C=O) groups is 2. The third kappa shape index (κ3) is 8.34. The van der Waals surface area contributed by atoms with Crippen molar-refractivity contribution in [3.05, 3.63) is 59.3 Å². The van der Waals surface area contributed by atoms with Crippen molar-refractivity contribution in [2.75, 3.05) is 32.3 Å². The van der Waals surface area contributed by atoms with Gasteiger partial charge in [-0.15, -0.1) is 0 Å². The fourth-order valence-corrected chi connectivity index (χ4v) is 5.38. The van der Waals surface area contributed by atoms with Crippen LogP contribution in [-0.4, -0.2) is 70.4 Å². The van der Waals surface area contributed by atoms with E-state index in [0.29, 0.717) is 18.8 Å². The highest BCUT2D eigenvalue weighted by atomic mass is 19.4. The predicted octanol–water partition coefficient (Wildman–Crippen LogP) is 5.38. The van der Waals surface area contributed by atoms with Crippen molar-refractivity contribution in [1.29, 1.82) is 0 Å². The highest BCUT2D eigenvalue weighted by Gasteiger charge is 2.38. The highest BCUT2D eigenvalue weighted by Crippen LogP contribution is 2.40. The SMILES string of the molecule is COCC(COC)N(C(=O)C1CCC(C)CC1)c1cc(F)c(Oc2ncc(CCn3nccn3)cc2C(F)(F)F)cc1C(=O)O. The summed E-state index contributed by atoms with van der Waals surface area (Å²) in [6.07, 6.45) is 1.92. The molecule has 11 nitrogen and oxygen atoms in total. The van der Waals surface area contributed by atoms with Gasteiger partial charge in [-0.1, -0.05) is 6.92 Å². The van der Waals surface area contributed by atoms with E-state index >= 15 is 4.39 Å². The number of ether oxygens (including phenoxy) is 3. The number of hydrogen-bond acceptors (Lipinski definition) is 8. The van der Waals surface area contributed by atoms with E-state index in [1.165, 1.54) is 36.3 Å². The number of benzene rings is 1. The summed E-state index contributed by atoms with van der Waals surface area (Å²) in [5.74, 6) is -4.95. The maximum atomic E-state index is 15.7. The monoisotopic (exact) mass is 637 g/mol. The molecule has 2 aromatic heterocycles. The van der Waals surface area contributed by atoms with E-state index in [1.54, 1.807) is 0 Å². The molecule has 15 heteroatoms. The molecule has 0 aliphatic heterocycles. The largest absolute Gasteiger partial charge is 0.478 e. The Morgan fingerprint density at radius 2 is 1.71 bits per heavy atom. The van der Waals surface area contributed by atoms with Gasteiger partial charge < -0.3 is 24.2 Å². The standard InChI is InChI=1S/C30H35F4N5O6/c1-18-4-6-20(7-5-18)28(40)39(21(16-43-2)17-44-3)25-14-24(31)26(13-22(25)29(41)42)45-27-23(30(32,33)34)12-19(15-35-27)8-11-38-36-9-10-37-38/h9-10,12-15,18,20-21H,4-8,11,16-17H2,1-3H3,(H,41,42). The Morgan fingerprint density at radius 1 is 1.07 bits per heavy atom. The summed E-state index contributed by atoms with van der Waals surface area (Å²) in [6.45, 7) is 2.16. The Bertz CT molecular complexity index is 1460. The van der Waals surface area contributed by atoms with Crippen LogP contribution in [-0.2, 0) is 33.4 Å². The Kier molecular flexibility index (Phi) is 11.1. The minimum atomic E-state index is -4.93. The third-order valence-corrected chi connectivity index (χ3v) is 7.71. The van der Waals surface area contributed by atoms with Crippen LogP contribution >= 0.6 is 0 Å². The van der Waals surface area contributed by atoms with Gasteiger partial charge in [-0.25, -0.2) is 14.2 Å². The molecule has 0 spiro atoms. The van der Waals surface area contributed by atoms with Gasteiger partial charge in [0.15, 0.2) is 11.6 Å². The second-order valence-electron chi connectivity index (χ2n) is 11.0. The maximum Gasteiger partial charge on any atom is 0.421 e. The first-order valence-corrected chi connectivity index (χ1v) is 14.4. The number of rotatable bonds is 13. The molecule has 0 unspecified atom stereocenters. The molecule has 1 N–H and O–H groups in total. The topological polar surface area (TPSA) is 129 Å². The van der Waals surface area contributed by atoms with E-state index in [0.717, 1.165) is 37.2 Å². The van der Waals surface area contributed by atoms with E-state index < -0.39 is 58.6 Å². The molecule has 0 atom stereocenters. The molecule has 1 fully saturated rings. The molecule has 0 bridgehead atoms. The number of amides is 1. The average Bonchev–Trinajstić information content (AvgIpc) is 3.51. The number of aromatic nitrogens is 4. The number of anilines is 1. The Morgan fingerprint density at radius 3 is 2.29 bits per heavy atom. The van der Waals surface area contributed by atoms with Crippen LogP contribution in [0.25, 0.3) is 0 Å². The zero-order chi connectivity index (χ0) is 32.7. The Hall–Kier alpha value is -4.11. The quantitative estimate of drug-likeness (QED) is 0.246. The van der Waals surface area contributed by atoms with Crippen molar-refractivity contribution in [3.8, 4) is 11.6 Å². The minimum absolute atomic E-state index is 0.0523. The summed E-state index contributed by atoms with van der Waals surface area (Å²) in [7, 11) is 2.79. The summed E-state index contributed by atoms with van der Waals surface area (Å²) in [4.78, 5) is 32.6. The minimum Gasteiger partial charge on any atom is -0.478 e. The predicted molar refractivity (Wildman–Crippen MR) is 153 cm³/mol. The number of halogens is 4. The highest BCUT2D eigenvalue weighted by molar-refractivity contribution is 6.03. The van der Waals surface area contributed by atoms with Gasteiger partial charge in [-0.2, -0.15) is 28.2 Å². The summed E-state index contributed by atoms with van der Waals surface area (Å²) in [5, 5.41) is 18.0. The van der Waals surface area contributed by atoms with Crippen molar-refractivity contribution in [2.45, 2.75) is 57.8 Å². The van der Waals surface area contributed by atoms with Crippen LogP contribution in [0.5, 0.6) is 11.6 Å². The van der Waals surface area contributed by atoms with E-state index in [-0.39, 0.29) is 37.4 Å². The summed E-state index contributed by atoms with van der Waals surface area (Å²) in [5.41, 5.74) is -1.93. The van der Waals surface area contributed by atoms with Gasteiger partial charge in [0.25, 0.3) is 0 Å². The van der Waals surface area contributed by atoms with Crippen molar-refractivity contribution in [2.24, 2.45) is 11.8 Å². The van der Waals surface area contributed by atoms with Crippen LogP contribution in [0.4, 0.5) is 23.2 Å². The lowest BCUT2D eigenvalue weighted by Crippen LogP contribution is -2.49. The number of nitrogens with zero attached hydrogens (tertiary/aromatic N) is 5. The summed E-state index contributed by atoms with van der Waals surface area (Å²) < 4.78 is 73.6. The summed E-state index contributed by atoms with van der Waals surface area (Å²) >= 11 is 0. The van der Waals surface area contributed by atoms with E-state index in [1.807, 2.05) is 0 Å². The van der Waals surface area contributed by atoms with Crippen LogP contribution in [0.2, 0.25) is 0 Å². The molecular weight excluding hydrogens is 602 g/mol. The zero-order valence-corrected chi connectivity index (χ0v) is 25.1. The maximum absolute atomic E-state index is 15.7. The lowest BCUT2D eigenvalue weighted by Gasteiger charge is -2.36. The van der Waals surface area contributed by atoms with E-state index in [2.05, 4.69) is 22.1 Å². The van der Waals surface area contributed by atoms with Crippen LogP contribution in [0.15, 0.2) is 36.8 Å². The molecule has 1 aromatic carbocycles. The second kappa shape index (κ2) is 14.8. The van der Waals surface area contributed by atoms with Gasteiger partial charge in [-0.05, 0) is 49.7 Å². The molecule has 1 aliphatic rings. The van der Waals surface area contributed by atoms with Crippen LogP contribution in [0, 0.1) is 17.7 Å². The molecule has 0 radical (unpaired) electrons. The first-order valence-electron chi connectivity index (χ1n) is 14.4. The number of methoxy groups -OCH3 is 2. The number of aromatic carboxylic acids is 1. The summed E-state index contributed by atoms with van der Waals surface area (Å²) in [6, 6.07) is 1.53. The normalized spacial score (nSPS) is 17.0. The average molecular weight is 638 g/mol. The molecule has 244 valence electrons. The van der Waals surface area contributed by atoms with Crippen molar-refractivity contribution in [3.63, 3.8) is 0 Å². The van der Waals surface area contributed by atoms with Gasteiger partial charge in [0.1, 0.15) is 5.56 Å². The third-order valence-electron chi connectivity index (χ3n) is 7.71. The van der Waals surface area contributed by atoms with E-state index in [9.17, 15) is 27.9 Å². The molecule has 1 saturated carbocycles. The number of pyridine rings is 1. The smallest absolute Gasteiger partial charge is 0.421 e. The van der Waals surface area contributed by atoms with Gasteiger partial charge in [0.05, 0.1) is 49.4 Å². The number of hydrogen-bond donors (Lipinski definition) is 1. The van der Waals surface area contributed by atoms with E-state index in [4.69, 9.17) is 14.2 Å². The molecule has 2 heterocycles. The molecule has 45 heavy (non-hydrogen) atoms. The van der Waals surface area contributed by atoms with Gasteiger partial charge in [0.2, 0.25) is 11.8 Å². The van der Waals surface area contributed by atoms with Crippen molar-refractivity contribution >= 4 is 17.6 Å². The lowest BCUT2D eigenvalue weighted by atomic mass is 9.82. The van der Waals surface area contributed by atoms with Crippen molar-refractivity contribution in [1.82, 2.24) is 20.0 Å². The fraction of sp³-hybridized carbons (Fsp3) is 0.500. The Labute approximate surface area is 257 Å². The molecule has 1 amide bonds. The first-order chi connectivity index (χ1) is 21.4. The Balaban J connectivity index is 1.72. The molecular formula is C30H35F4N5O6. The molecule has 0 saturated heterocycles.